The number of benzene rings is 1. The van der Waals surface area contributed by atoms with Crippen molar-refractivity contribution in [3.05, 3.63) is 76.3 Å². The van der Waals surface area contributed by atoms with Crippen molar-refractivity contribution in [2.45, 2.75) is 25.7 Å². The molecule has 1 aromatic heterocycles. The highest BCUT2D eigenvalue weighted by Crippen LogP contribution is 2.31. The predicted molar refractivity (Wildman–Crippen MR) is 136 cm³/mol. The zero-order chi connectivity index (χ0) is 24.8. The zero-order valence-electron chi connectivity index (χ0n) is 19.6. The van der Waals surface area contributed by atoms with Crippen molar-refractivity contribution < 1.29 is 13.9 Å². The molecule has 1 aromatic carbocycles. The summed E-state index contributed by atoms with van der Waals surface area (Å²) in [5.41, 5.74) is 3.32. The van der Waals surface area contributed by atoms with Gasteiger partial charge in [0, 0.05) is 16.4 Å². The number of ether oxygens (including phenoxy) is 1. The fraction of sp³-hybridized carbons (Fsp3) is 0.320. The van der Waals surface area contributed by atoms with Gasteiger partial charge in [0.25, 0.3) is 5.91 Å². The molecule has 2 aromatic rings. The van der Waals surface area contributed by atoms with Crippen LogP contribution in [0, 0.1) is 6.92 Å². The van der Waals surface area contributed by atoms with Crippen LogP contribution in [0.15, 0.2) is 59.6 Å². The zero-order valence-corrected chi connectivity index (χ0v) is 21.2. The maximum Gasteiger partial charge on any atom is 0.262 e. The lowest BCUT2D eigenvalue weighted by molar-refractivity contribution is 0.0962. The van der Waals surface area contributed by atoms with Gasteiger partial charge in [-0.15, -0.1) is 0 Å². The lowest BCUT2D eigenvalue weighted by Gasteiger charge is -2.30. The van der Waals surface area contributed by atoms with Crippen molar-refractivity contribution in [1.82, 2.24) is 20.2 Å². The van der Waals surface area contributed by atoms with Gasteiger partial charge in [-0.1, -0.05) is 19.2 Å². The van der Waals surface area contributed by atoms with Crippen LogP contribution in [-0.4, -0.2) is 48.0 Å². The third-order valence-electron chi connectivity index (χ3n) is 5.80. The lowest BCUT2D eigenvalue weighted by atomic mass is 9.87. The summed E-state index contributed by atoms with van der Waals surface area (Å²) >= 11 is 3.08. The molecule has 1 aliphatic rings. The number of carbonyl (C=O) groups is 1. The van der Waals surface area contributed by atoms with Crippen LogP contribution < -0.4 is 15.4 Å². The standard InChI is InChI=1S/C25H29BrFN5O2/c1-6-21(27)22(16(3)26)30-23(33)20-14-28-25(31-24(20)34-5)29-18-7-8-19(15(2)13-18)17-9-11-32(4)12-10-17/h6-8,13-14,17H,1,3,9-12H2,2,4-5H3,(H,30,33)(H,28,29,31)/b22-21-. The molecule has 1 fully saturated rings. The highest BCUT2D eigenvalue weighted by molar-refractivity contribution is 9.11. The summed E-state index contributed by atoms with van der Waals surface area (Å²) in [5, 5.41) is 5.60. The quantitative estimate of drug-likeness (QED) is 0.448. The highest BCUT2D eigenvalue weighted by atomic mass is 79.9. The fourth-order valence-corrected chi connectivity index (χ4v) is 4.23. The summed E-state index contributed by atoms with van der Waals surface area (Å²) < 4.78 is 19.4. The molecule has 0 radical (unpaired) electrons. The predicted octanol–water partition coefficient (Wildman–Crippen LogP) is 5.35. The number of nitrogens with zero attached hydrogens (tertiary/aromatic N) is 3. The number of halogens is 2. The van der Waals surface area contributed by atoms with Crippen LogP contribution in [0.4, 0.5) is 16.0 Å². The van der Waals surface area contributed by atoms with Crippen molar-refractivity contribution in [3.63, 3.8) is 0 Å². The molecule has 1 saturated heterocycles. The Morgan fingerprint density at radius 2 is 2.06 bits per heavy atom. The molecule has 0 spiro atoms. The first-order valence-electron chi connectivity index (χ1n) is 10.9. The number of nitrogens with one attached hydrogen (secondary N) is 2. The number of carbonyl (C=O) groups excluding carboxylic acids is 1. The molecule has 2 heterocycles. The summed E-state index contributed by atoms with van der Waals surface area (Å²) in [5.74, 6) is -0.479. The number of aryl methyl sites for hydroxylation is 1. The van der Waals surface area contributed by atoms with Gasteiger partial charge in [0.1, 0.15) is 11.4 Å². The minimum atomic E-state index is -0.729. The lowest BCUT2D eigenvalue weighted by Crippen LogP contribution is -2.29. The van der Waals surface area contributed by atoms with Gasteiger partial charge < -0.3 is 20.3 Å². The second-order valence-corrected chi connectivity index (χ2v) is 9.13. The van der Waals surface area contributed by atoms with E-state index in [1.165, 1.54) is 24.4 Å². The molecule has 0 bridgehead atoms. The fourth-order valence-electron chi connectivity index (χ4n) is 3.94. The highest BCUT2D eigenvalue weighted by Gasteiger charge is 2.21. The summed E-state index contributed by atoms with van der Waals surface area (Å²) in [7, 11) is 3.56. The minimum Gasteiger partial charge on any atom is -0.480 e. The molecule has 3 rings (SSSR count). The molecule has 34 heavy (non-hydrogen) atoms. The van der Waals surface area contributed by atoms with Gasteiger partial charge >= 0.3 is 0 Å². The topological polar surface area (TPSA) is 79.4 Å². The first-order valence-corrected chi connectivity index (χ1v) is 11.7. The molecule has 1 amide bonds. The van der Waals surface area contributed by atoms with Gasteiger partial charge in [0.15, 0.2) is 0 Å². The number of piperidine rings is 1. The van der Waals surface area contributed by atoms with E-state index < -0.39 is 11.7 Å². The normalized spacial score (nSPS) is 15.3. The van der Waals surface area contributed by atoms with E-state index in [0.717, 1.165) is 37.7 Å². The van der Waals surface area contributed by atoms with Gasteiger partial charge in [0.05, 0.1) is 12.8 Å². The number of anilines is 2. The number of hydrogen-bond donors (Lipinski definition) is 2. The number of aromatic nitrogens is 2. The molecule has 9 heteroatoms. The Labute approximate surface area is 207 Å². The van der Waals surface area contributed by atoms with E-state index in [2.05, 4.69) is 80.7 Å². The second-order valence-electron chi connectivity index (χ2n) is 8.18. The Kier molecular flexibility index (Phi) is 8.57. The smallest absolute Gasteiger partial charge is 0.262 e. The van der Waals surface area contributed by atoms with E-state index in [-0.39, 0.29) is 27.6 Å². The molecular weight excluding hydrogens is 501 g/mol. The van der Waals surface area contributed by atoms with Gasteiger partial charge in [-0.3, -0.25) is 4.79 Å². The van der Waals surface area contributed by atoms with Gasteiger partial charge in [-0.25, -0.2) is 9.37 Å². The minimum absolute atomic E-state index is 0.0463. The number of likely N-dealkylation sites (tertiary alicyclic amines) is 1. The molecule has 1 aliphatic heterocycles. The SMILES string of the molecule is C=C/C(F)=C(/NC(=O)c1cnc(Nc2ccc(C3CCN(C)CC3)c(C)c2)nc1OC)C(=C)Br. The molecule has 2 N–H and O–H groups in total. The van der Waals surface area contributed by atoms with Crippen LogP contribution in [-0.2, 0) is 0 Å². The largest absolute Gasteiger partial charge is 0.480 e. The number of allylic oxidation sites excluding steroid dienone is 3. The van der Waals surface area contributed by atoms with Crippen molar-refractivity contribution in [1.29, 1.82) is 0 Å². The van der Waals surface area contributed by atoms with E-state index >= 15 is 0 Å². The van der Waals surface area contributed by atoms with E-state index in [1.54, 1.807) is 0 Å². The van der Waals surface area contributed by atoms with Crippen molar-refractivity contribution in [2.75, 3.05) is 32.6 Å². The van der Waals surface area contributed by atoms with E-state index in [1.807, 2.05) is 6.07 Å². The third kappa shape index (κ3) is 6.09. The molecular formula is C25H29BrFN5O2. The molecule has 0 atom stereocenters. The van der Waals surface area contributed by atoms with Crippen molar-refractivity contribution >= 4 is 33.5 Å². The van der Waals surface area contributed by atoms with Gasteiger partial charge in [-0.2, -0.15) is 4.98 Å². The second kappa shape index (κ2) is 11.4. The van der Waals surface area contributed by atoms with E-state index in [4.69, 9.17) is 4.74 Å². The maximum absolute atomic E-state index is 14.0. The number of methoxy groups -OCH3 is 1. The number of rotatable bonds is 8. The molecule has 0 aliphatic carbocycles. The van der Waals surface area contributed by atoms with Crippen molar-refractivity contribution in [2.24, 2.45) is 0 Å². The molecule has 7 nitrogen and oxygen atoms in total. The average molecular weight is 530 g/mol. The first-order chi connectivity index (χ1) is 16.2. The molecule has 180 valence electrons. The van der Waals surface area contributed by atoms with Crippen molar-refractivity contribution in [3.8, 4) is 5.88 Å². The van der Waals surface area contributed by atoms with E-state index in [9.17, 15) is 9.18 Å². The summed E-state index contributed by atoms with van der Waals surface area (Å²) in [6.45, 7) is 11.3. The average Bonchev–Trinajstić information content (AvgIpc) is 2.82. The Bertz CT molecular complexity index is 1130. The van der Waals surface area contributed by atoms with Crippen LogP contribution in [0.3, 0.4) is 0 Å². The summed E-state index contributed by atoms with van der Waals surface area (Å²) in [6, 6.07) is 6.23. The number of amides is 1. The molecule has 0 unspecified atom stereocenters. The summed E-state index contributed by atoms with van der Waals surface area (Å²) in [4.78, 5) is 23.6. The molecule has 0 saturated carbocycles. The first kappa shape index (κ1) is 25.6. The van der Waals surface area contributed by atoms with E-state index in [0.29, 0.717) is 5.92 Å². The van der Waals surface area contributed by atoms with Gasteiger partial charge in [0.2, 0.25) is 11.8 Å². The Morgan fingerprint density at radius 1 is 1.35 bits per heavy atom. The Morgan fingerprint density at radius 3 is 2.65 bits per heavy atom. The Hall–Kier alpha value is -3.04. The van der Waals surface area contributed by atoms with Crippen LogP contribution in [0.1, 0.15) is 40.2 Å². The summed E-state index contributed by atoms with van der Waals surface area (Å²) in [6.07, 6.45) is 4.61. The maximum atomic E-state index is 14.0. The third-order valence-corrected chi connectivity index (χ3v) is 6.20. The number of hydrogen-bond acceptors (Lipinski definition) is 6. The van der Waals surface area contributed by atoms with Crippen LogP contribution in [0.25, 0.3) is 0 Å². The van der Waals surface area contributed by atoms with Crippen LogP contribution in [0.2, 0.25) is 0 Å². The van der Waals surface area contributed by atoms with Gasteiger partial charge in [-0.05, 0) is 91.1 Å². The monoisotopic (exact) mass is 529 g/mol. The van der Waals surface area contributed by atoms with Crippen LogP contribution >= 0.6 is 15.9 Å². The Balaban J connectivity index is 1.77. The van der Waals surface area contributed by atoms with Crippen LogP contribution in [0.5, 0.6) is 5.88 Å².